The van der Waals surface area contributed by atoms with Crippen LogP contribution >= 0.6 is 24.0 Å². The molecule has 1 saturated heterocycles. The van der Waals surface area contributed by atoms with Crippen LogP contribution in [0.2, 0.25) is 0 Å². The van der Waals surface area contributed by atoms with Gasteiger partial charge in [-0.1, -0.05) is 12.1 Å². The van der Waals surface area contributed by atoms with Crippen LogP contribution in [0.5, 0.6) is 0 Å². The number of rotatable bonds is 7. The van der Waals surface area contributed by atoms with E-state index in [0.717, 1.165) is 56.8 Å². The third-order valence-electron chi connectivity index (χ3n) is 5.48. The number of hydrogen-bond donors (Lipinski definition) is 3. The van der Waals surface area contributed by atoms with Crippen LogP contribution < -0.4 is 16.4 Å². The molecule has 6 nitrogen and oxygen atoms in total. The van der Waals surface area contributed by atoms with E-state index in [4.69, 9.17) is 10.7 Å². The second kappa shape index (κ2) is 10.4. The van der Waals surface area contributed by atoms with Crippen molar-refractivity contribution in [3.8, 4) is 0 Å². The van der Waals surface area contributed by atoms with Crippen LogP contribution in [-0.2, 0) is 10.2 Å². The molecule has 1 aromatic rings. The molecule has 1 saturated carbocycles. The van der Waals surface area contributed by atoms with Crippen LogP contribution in [0.4, 0.5) is 4.39 Å². The minimum absolute atomic E-state index is 0. The number of primary amides is 1. The maximum absolute atomic E-state index is 13.6. The number of piperidine rings is 1. The summed E-state index contributed by atoms with van der Waals surface area (Å²) in [5, 5.41) is 6.83. The first kappa shape index (κ1) is 22.9. The lowest BCUT2D eigenvalue weighted by Crippen LogP contribution is -2.50. The zero-order valence-electron chi connectivity index (χ0n) is 16.4. The highest BCUT2D eigenvalue weighted by atomic mass is 127. The van der Waals surface area contributed by atoms with E-state index < -0.39 is 0 Å². The van der Waals surface area contributed by atoms with Crippen LogP contribution in [0.3, 0.4) is 0 Å². The Morgan fingerprint density at radius 2 is 2.07 bits per heavy atom. The standard InChI is InChI=1S/C20H30FN5O.HI/c1-2-23-19(25-17-6-10-26(11-7-17)13-18(22)27)24-14-20(8-9-20)15-4-3-5-16(21)12-15;/h3-5,12,17H,2,6-11,13-14H2,1H3,(H2,22,27)(H2,23,24,25);1H. The number of nitrogens with two attached hydrogens (primary N) is 1. The lowest BCUT2D eigenvalue weighted by molar-refractivity contribution is -0.119. The molecule has 0 atom stereocenters. The van der Waals surface area contributed by atoms with E-state index in [9.17, 15) is 9.18 Å². The molecule has 3 rings (SSSR count). The number of guanidine groups is 1. The number of amides is 1. The normalized spacial score (nSPS) is 19.6. The van der Waals surface area contributed by atoms with E-state index in [1.165, 1.54) is 6.07 Å². The monoisotopic (exact) mass is 503 g/mol. The molecule has 0 unspecified atom stereocenters. The molecule has 2 aliphatic rings. The molecule has 28 heavy (non-hydrogen) atoms. The summed E-state index contributed by atoms with van der Waals surface area (Å²) >= 11 is 0. The van der Waals surface area contributed by atoms with Crippen molar-refractivity contribution in [2.75, 3.05) is 32.7 Å². The molecular formula is C20H31FIN5O. The number of aliphatic imine (C=N–C) groups is 1. The summed E-state index contributed by atoms with van der Waals surface area (Å²) in [7, 11) is 0. The van der Waals surface area contributed by atoms with Crippen LogP contribution in [0.15, 0.2) is 29.3 Å². The summed E-state index contributed by atoms with van der Waals surface area (Å²) in [5.41, 5.74) is 6.30. The van der Waals surface area contributed by atoms with E-state index in [1.807, 2.05) is 13.0 Å². The van der Waals surface area contributed by atoms with Gasteiger partial charge in [-0.25, -0.2) is 4.39 Å². The van der Waals surface area contributed by atoms with Crippen molar-refractivity contribution in [1.82, 2.24) is 15.5 Å². The Balaban J connectivity index is 0.00000280. The maximum atomic E-state index is 13.6. The third-order valence-corrected chi connectivity index (χ3v) is 5.48. The summed E-state index contributed by atoms with van der Waals surface area (Å²) in [6, 6.07) is 7.23. The number of halogens is 2. The number of hydrogen-bond acceptors (Lipinski definition) is 3. The molecule has 2 fully saturated rings. The second-order valence-corrected chi connectivity index (χ2v) is 7.65. The summed E-state index contributed by atoms with van der Waals surface area (Å²) in [6.45, 7) is 5.54. The first-order valence-electron chi connectivity index (χ1n) is 9.82. The van der Waals surface area contributed by atoms with Crippen molar-refractivity contribution in [3.63, 3.8) is 0 Å². The Labute approximate surface area is 183 Å². The van der Waals surface area contributed by atoms with Crippen molar-refractivity contribution in [2.24, 2.45) is 10.7 Å². The van der Waals surface area contributed by atoms with Gasteiger partial charge in [0.25, 0.3) is 0 Å². The largest absolute Gasteiger partial charge is 0.369 e. The molecule has 0 bridgehead atoms. The van der Waals surface area contributed by atoms with Gasteiger partial charge in [-0.05, 0) is 50.3 Å². The second-order valence-electron chi connectivity index (χ2n) is 7.65. The zero-order valence-corrected chi connectivity index (χ0v) is 18.7. The number of benzene rings is 1. The van der Waals surface area contributed by atoms with Crippen LogP contribution in [0.25, 0.3) is 0 Å². The Kier molecular flexibility index (Phi) is 8.48. The van der Waals surface area contributed by atoms with Gasteiger partial charge in [0.05, 0.1) is 13.1 Å². The molecule has 4 N–H and O–H groups in total. The maximum Gasteiger partial charge on any atom is 0.231 e. The molecule has 156 valence electrons. The van der Waals surface area contributed by atoms with Gasteiger partial charge in [-0.3, -0.25) is 14.7 Å². The van der Waals surface area contributed by atoms with Gasteiger partial charge in [0.15, 0.2) is 5.96 Å². The molecule has 1 aliphatic carbocycles. The minimum atomic E-state index is -0.275. The Morgan fingerprint density at radius 3 is 2.64 bits per heavy atom. The molecule has 0 aromatic heterocycles. The lowest BCUT2D eigenvalue weighted by atomic mass is 9.96. The van der Waals surface area contributed by atoms with E-state index in [0.29, 0.717) is 19.1 Å². The molecule has 1 amide bonds. The van der Waals surface area contributed by atoms with E-state index in [1.54, 1.807) is 12.1 Å². The van der Waals surface area contributed by atoms with Gasteiger partial charge in [-0.2, -0.15) is 0 Å². The third kappa shape index (κ3) is 6.30. The van der Waals surface area contributed by atoms with Gasteiger partial charge in [0.1, 0.15) is 5.82 Å². The highest BCUT2D eigenvalue weighted by Gasteiger charge is 2.44. The molecule has 8 heteroatoms. The average molecular weight is 503 g/mol. The highest BCUT2D eigenvalue weighted by molar-refractivity contribution is 14.0. The van der Waals surface area contributed by atoms with Crippen molar-refractivity contribution in [1.29, 1.82) is 0 Å². The van der Waals surface area contributed by atoms with Crippen molar-refractivity contribution in [3.05, 3.63) is 35.6 Å². The fourth-order valence-electron chi connectivity index (χ4n) is 3.71. The topological polar surface area (TPSA) is 82.8 Å². The lowest BCUT2D eigenvalue weighted by Gasteiger charge is -2.32. The predicted octanol–water partition coefficient (Wildman–Crippen LogP) is 1.98. The highest BCUT2D eigenvalue weighted by Crippen LogP contribution is 2.48. The molecule has 1 aromatic carbocycles. The van der Waals surface area contributed by atoms with E-state index >= 15 is 0 Å². The summed E-state index contributed by atoms with van der Waals surface area (Å²) in [5.74, 6) is 0.354. The van der Waals surface area contributed by atoms with Gasteiger partial charge < -0.3 is 16.4 Å². The van der Waals surface area contributed by atoms with Gasteiger partial charge in [0, 0.05) is 31.1 Å². The fourth-order valence-corrected chi connectivity index (χ4v) is 3.71. The molecule has 0 spiro atoms. The SMILES string of the molecule is CCNC(=NCC1(c2cccc(F)c2)CC1)NC1CCN(CC(N)=O)CC1.I. The quantitative estimate of drug-likeness (QED) is 0.302. The van der Waals surface area contributed by atoms with Crippen LogP contribution in [0, 0.1) is 5.82 Å². The number of nitrogens with zero attached hydrogens (tertiary/aromatic N) is 2. The van der Waals surface area contributed by atoms with Crippen molar-refractivity contribution in [2.45, 2.75) is 44.1 Å². The van der Waals surface area contributed by atoms with Gasteiger partial charge in [0.2, 0.25) is 5.91 Å². The zero-order chi connectivity index (χ0) is 19.3. The molecular weight excluding hydrogens is 472 g/mol. The fraction of sp³-hybridized carbons (Fsp3) is 0.600. The minimum Gasteiger partial charge on any atom is -0.369 e. The summed E-state index contributed by atoms with van der Waals surface area (Å²) in [6.07, 6.45) is 4.00. The van der Waals surface area contributed by atoms with Crippen LogP contribution in [0.1, 0.15) is 38.2 Å². The number of nitrogens with one attached hydrogen (secondary N) is 2. The Bertz CT molecular complexity index is 687. The molecule has 1 heterocycles. The van der Waals surface area contributed by atoms with E-state index in [-0.39, 0.29) is 41.1 Å². The molecule has 1 aliphatic heterocycles. The van der Waals surface area contributed by atoms with Crippen molar-refractivity contribution >= 4 is 35.8 Å². The average Bonchev–Trinajstić information content (AvgIpc) is 3.42. The van der Waals surface area contributed by atoms with Gasteiger partial charge >= 0.3 is 0 Å². The Hall–Kier alpha value is -1.42. The predicted molar refractivity (Wildman–Crippen MR) is 120 cm³/mol. The van der Waals surface area contributed by atoms with E-state index in [2.05, 4.69) is 15.5 Å². The smallest absolute Gasteiger partial charge is 0.231 e. The molecule has 0 radical (unpaired) electrons. The number of likely N-dealkylation sites (tertiary alicyclic amines) is 1. The Morgan fingerprint density at radius 1 is 1.36 bits per heavy atom. The first-order chi connectivity index (χ1) is 13.0. The summed E-state index contributed by atoms with van der Waals surface area (Å²) < 4.78 is 13.6. The summed E-state index contributed by atoms with van der Waals surface area (Å²) in [4.78, 5) is 17.9. The number of carbonyl (C=O) groups excluding carboxylic acids is 1. The van der Waals surface area contributed by atoms with Crippen LogP contribution in [-0.4, -0.2) is 55.5 Å². The van der Waals surface area contributed by atoms with Crippen molar-refractivity contribution < 1.29 is 9.18 Å². The number of carbonyl (C=O) groups is 1. The van der Waals surface area contributed by atoms with Gasteiger partial charge in [-0.15, -0.1) is 24.0 Å². The first-order valence-corrected chi connectivity index (χ1v) is 9.82.